The lowest BCUT2D eigenvalue weighted by Gasteiger charge is -2.41. The smallest absolute Gasteiger partial charge is 0.142 e. The van der Waals surface area contributed by atoms with E-state index in [1.54, 1.807) is 0 Å². The second-order valence-corrected chi connectivity index (χ2v) is 8.26. The van der Waals surface area contributed by atoms with Crippen molar-refractivity contribution in [2.24, 2.45) is 5.92 Å². The van der Waals surface area contributed by atoms with Crippen LogP contribution in [0.5, 0.6) is 0 Å². The number of Topliss-reactive ketones (excluding diaryl/α,β-unsaturated/α-hetero) is 1. The highest BCUT2D eigenvalue weighted by Crippen LogP contribution is 2.30. The monoisotopic (exact) mass is 374 g/mol. The van der Waals surface area contributed by atoms with E-state index in [-0.39, 0.29) is 5.92 Å². The number of nitrogens with one attached hydrogen (secondary N) is 1. The summed E-state index contributed by atoms with van der Waals surface area (Å²) in [5.74, 6) is 0.553. The Morgan fingerprint density at radius 2 is 1.89 bits per heavy atom. The molecule has 1 N–H and O–H groups in total. The highest BCUT2D eigenvalue weighted by Gasteiger charge is 2.31. The van der Waals surface area contributed by atoms with Crippen molar-refractivity contribution in [3.63, 3.8) is 0 Å². The Kier molecular flexibility index (Phi) is 4.69. The number of fused-ring (bicyclic) bond motifs is 1. The Labute approximate surface area is 165 Å². The zero-order valence-electron chi connectivity index (χ0n) is 16.1. The molecular weight excluding hydrogens is 348 g/mol. The number of nitrogens with zero attached hydrogens (tertiary/aromatic N) is 3. The minimum absolute atomic E-state index is 0.200. The summed E-state index contributed by atoms with van der Waals surface area (Å²) in [4.78, 5) is 20.0. The SMILES string of the molecule is O=C(Cc1cc2cc(-c3cn[nH]c3)ccc2cn1)C1CCN(C2CCC2)CC1. The number of ketones is 1. The second kappa shape index (κ2) is 7.47. The lowest BCUT2D eigenvalue weighted by Crippen LogP contribution is -2.45. The number of likely N-dealkylation sites (tertiary alicyclic amines) is 1. The van der Waals surface area contributed by atoms with E-state index in [4.69, 9.17) is 0 Å². The van der Waals surface area contributed by atoms with E-state index in [0.29, 0.717) is 12.2 Å². The Bertz CT molecular complexity index is 969. The number of H-pyrrole nitrogens is 1. The molecule has 5 nitrogen and oxygen atoms in total. The molecule has 144 valence electrons. The molecule has 5 rings (SSSR count). The van der Waals surface area contributed by atoms with Crippen molar-refractivity contribution in [1.82, 2.24) is 20.1 Å². The van der Waals surface area contributed by atoms with Gasteiger partial charge in [0.1, 0.15) is 5.78 Å². The van der Waals surface area contributed by atoms with E-state index in [0.717, 1.165) is 59.6 Å². The van der Waals surface area contributed by atoms with Gasteiger partial charge in [0.2, 0.25) is 0 Å². The third kappa shape index (κ3) is 3.47. The summed E-state index contributed by atoms with van der Waals surface area (Å²) in [6.45, 7) is 2.17. The molecule has 2 aromatic heterocycles. The Morgan fingerprint density at radius 3 is 2.61 bits per heavy atom. The molecular formula is C23H26N4O. The fraction of sp³-hybridized carbons (Fsp3) is 0.435. The molecule has 5 heteroatoms. The van der Waals surface area contributed by atoms with Gasteiger partial charge in [-0.3, -0.25) is 14.9 Å². The van der Waals surface area contributed by atoms with Gasteiger partial charge in [-0.25, -0.2) is 0 Å². The predicted octanol–water partition coefficient (Wildman–Crippen LogP) is 4.00. The van der Waals surface area contributed by atoms with Crippen molar-refractivity contribution in [3.8, 4) is 11.1 Å². The molecule has 3 heterocycles. The summed E-state index contributed by atoms with van der Waals surface area (Å²) in [6, 6.07) is 9.16. The van der Waals surface area contributed by atoms with Gasteiger partial charge in [0.15, 0.2) is 0 Å². The number of hydrogen-bond donors (Lipinski definition) is 1. The normalized spacial score (nSPS) is 19.0. The molecule has 0 amide bonds. The topological polar surface area (TPSA) is 61.9 Å². The molecule has 0 bridgehead atoms. The number of benzene rings is 1. The molecule has 1 aliphatic heterocycles. The molecule has 2 fully saturated rings. The fourth-order valence-corrected chi connectivity index (χ4v) is 4.53. The van der Waals surface area contributed by atoms with Crippen LogP contribution < -0.4 is 0 Å². The van der Waals surface area contributed by atoms with Gasteiger partial charge in [0, 0.05) is 47.4 Å². The van der Waals surface area contributed by atoms with Gasteiger partial charge in [-0.1, -0.05) is 18.6 Å². The molecule has 0 atom stereocenters. The first-order chi connectivity index (χ1) is 13.8. The molecule has 0 radical (unpaired) electrons. The van der Waals surface area contributed by atoms with Gasteiger partial charge in [-0.05, 0) is 61.9 Å². The van der Waals surface area contributed by atoms with Crippen LogP contribution in [0.15, 0.2) is 42.9 Å². The first-order valence-electron chi connectivity index (χ1n) is 10.4. The van der Waals surface area contributed by atoms with E-state index in [1.807, 2.05) is 18.6 Å². The fourth-order valence-electron chi connectivity index (χ4n) is 4.53. The average Bonchev–Trinajstić information content (AvgIpc) is 3.21. The molecule has 0 spiro atoms. The van der Waals surface area contributed by atoms with Crippen LogP contribution in [0.3, 0.4) is 0 Å². The van der Waals surface area contributed by atoms with Crippen LogP contribution in [0.2, 0.25) is 0 Å². The maximum Gasteiger partial charge on any atom is 0.142 e. The van der Waals surface area contributed by atoms with Gasteiger partial charge in [0.25, 0.3) is 0 Å². The number of aromatic amines is 1. The van der Waals surface area contributed by atoms with Crippen molar-refractivity contribution in [2.45, 2.75) is 44.6 Å². The number of rotatable bonds is 5. The maximum absolute atomic E-state index is 12.8. The predicted molar refractivity (Wildman–Crippen MR) is 110 cm³/mol. The summed E-state index contributed by atoms with van der Waals surface area (Å²) in [7, 11) is 0. The molecule has 1 aliphatic carbocycles. The van der Waals surface area contributed by atoms with Gasteiger partial charge in [-0.2, -0.15) is 5.10 Å². The first-order valence-corrected chi connectivity index (χ1v) is 10.4. The molecule has 28 heavy (non-hydrogen) atoms. The molecule has 0 unspecified atom stereocenters. The summed E-state index contributed by atoms with van der Waals surface area (Å²) in [5.41, 5.74) is 3.06. The van der Waals surface area contributed by atoms with Crippen LogP contribution in [0.25, 0.3) is 21.9 Å². The van der Waals surface area contributed by atoms with E-state index < -0.39 is 0 Å². The quantitative estimate of drug-likeness (QED) is 0.733. The van der Waals surface area contributed by atoms with Gasteiger partial charge < -0.3 is 4.90 Å². The summed E-state index contributed by atoms with van der Waals surface area (Å²) < 4.78 is 0. The minimum atomic E-state index is 0.200. The van der Waals surface area contributed by atoms with Crippen LogP contribution >= 0.6 is 0 Å². The number of carbonyl (C=O) groups excluding carboxylic acids is 1. The summed E-state index contributed by atoms with van der Waals surface area (Å²) in [5, 5.41) is 9.10. The summed E-state index contributed by atoms with van der Waals surface area (Å²) in [6.07, 6.45) is 12.1. The third-order valence-corrected chi connectivity index (χ3v) is 6.54. The largest absolute Gasteiger partial charge is 0.300 e. The van der Waals surface area contributed by atoms with E-state index in [1.165, 1.54) is 19.3 Å². The second-order valence-electron chi connectivity index (χ2n) is 8.26. The maximum atomic E-state index is 12.8. The number of piperidine rings is 1. The van der Waals surface area contributed by atoms with Gasteiger partial charge >= 0.3 is 0 Å². The van der Waals surface area contributed by atoms with Crippen molar-refractivity contribution >= 4 is 16.6 Å². The first kappa shape index (κ1) is 17.6. The third-order valence-electron chi connectivity index (χ3n) is 6.54. The van der Waals surface area contributed by atoms with Crippen LogP contribution in [0, 0.1) is 5.92 Å². The van der Waals surface area contributed by atoms with Crippen molar-refractivity contribution in [2.75, 3.05) is 13.1 Å². The van der Waals surface area contributed by atoms with Crippen LogP contribution in [-0.2, 0) is 11.2 Å². The number of carbonyl (C=O) groups is 1. The van der Waals surface area contributed by atoms with Crippen molar-refractivity contribution in [1.29, 1.82) is 0 Å². The van der Waals surface area contributed by atoms with E-state index in [9.17, 15) is 4.79 Å². The van der Waals surface area contributed by atoms with E-state index >= 15 is 0 Å². The highest BCUT2D eigenvalue weighted by atomic mass is 16.1. The number of pyridine rings is 1. The molecule has 1 saturated carbocycles. The van der Waals surface area contributed by atoms with Crippen LogP contribution in [0.1, 0.15) is 37.8 Å². The minimum Gasteiger partial charge on any atom is -0.300 e. The number of aromatic nitrogens is 3. The van der Waals surface area contributed by atoms with Gasteiger partial charge in [-0.15, -0.1) is 0 Å². The molecule has 1 saturated heterocycles. The lowest BCUT2D eigenvalue weighted by molar-refractivity contribution is -0.124. The standard InChI is InChI=1S/C23H26N4O/c28-23(16-6-8-27(9-7-16)22-2-1-3-22)12-21-11-19-10-17(20-14-25-26-15-20)4-5-18(19)13-24-21/h4-5,10-11,13-16,22H,1-3,6-9,12H2,(H,25,26). The molecule has 1 aromatic carbocycles. The zero-order chi connectivity index (χ0) is 18.9. The molecule has 3 aromatic rings. The van der Waals surface area contributed by atoms with Gasteiger partial charge in [0.05, 0.1) is 6.20 Å². The Balaban J connectivity index is 1.27. The van der Waals surface area contributed by atoms with Crippen molar-refractivity contribution in [3.05, 3.63) is 48.5 Å². The van der Waals surface area contributed by atoms with Crippen LogP contribution in [0.4, 0.5) is 0 Å². The molecule has 2 aliphatic rings. The Hall–Kier alpha value is -2.53. The van der Waals surface area contributed by atoms with Crippen molar-refractivity contribution < 1.29 is 4.79 Å². The average molecular weight is 374 g/mol. The van der Waals surface area contributed by atoms with Crippen LogP contribution in [-0.4, -0.2) is 45.0 Å². The summed E-state index contributed by atoms with van der Waals surface area (Å²) >= 11 is 0. The lowest BCUT2D eigenvalue weighted by atomic mass is 9.85. The zero-order valence-corrected chi connectivity index (χ0v) is 16.1. The highest BCUT2D eigenvalue weighted by molar-refractivity contribution is 5.88. The number of hydrogen-bond acceptors (Lipinski definition) is 4. The van der Waals surface area contributed by atoms with E-state index in [2.05, 4.69) is 44.3 Å². The Morgan fingerprint density at radius 1 is 1.04 bits per heavy atom.